The standard InChI is InChI=1S/C21H25NO2.2ClH.Zr/c1-15-8-10-18(11-9-15)22-14-17-12-19(24-2)13-20(21(17)23)16-6-4-3-5-7-16;;;/h3-7,12-15,18,23H,8-11H2,1-2H3;2*1H;/q;;;+2/p-2. The number of phenols is 1. The van der Waals surface area contributed by atoms with Crippen LogP contribution < -0.4 is 4.74 Å². The third kappa shape index (κ3) is 6.93. The van der Waals surface area contributed by atoms with Crippen molar-refractivity contribution in [1.82, 2.24) is 0 Å². The van der Waals surface area contributed by atoms with E-state index in [-0.39, 0.29) is 5.75 Å². The van der Waals surface area contributed by atoms with Crippen LogP contribution in [0.25, 0.3) is 11.1 Å². The first kappa shape index (κ1) is 22.5. The number of aliphatic imine (C=N–C) groups is 1. The molecule has 0 amide bonds. The molecule has 2 aromatic carbocycles. The van der Waals surface area contributed by atoms with Crippen LogP contribution in [0.5, 0.6) is 11.5 Å². The first-order valence-corrected chi connectivity index (χ1v) is 15.4. The van der Waals surface area contributed by atoms with Gasteiger partial charge in [-0.25, -0.2) is 0 Å². The number of phenolic OH excluding ortho intramolecular Hbond substituents is 1. The summed E-state index contributed by atoms with van der Waals surface area (Å²) in [6.07, 6.45) is 6.55. The quantitative estimate of drug-likeness (QED) is 0.506. The molecule has 0 unspecified atom stereocenters. The van der Waals surface area contributed by atoms with Crippen LogP contribution in [0, 0.1) is 5.92 Å². The number of nitrogens with zero attached hydrogens (tertiary/aromatic N) is 1. The topological polar surface area (TPSA) is 41.8 Å². The molecule has 0 atom stereocenters. The molecule has 2 aromatic rings. The third-order valence-corrected chi connectivity index (χ3v) is 4.84. The Kier molecular flexibility index (Phi) is 9.89. The molecule has 1 fully saturated rings. The number of hydrogen-bond donors (Lipinski definition) is 1. The van der Waals surface area contributed by atoms with Crippen molar-refractivity contribution in [2.75, 3.05) is 7.11 Å². The maximum absolute atomic E-state index is 10.7. The van der Waals surface area contributed by atoms with Crippen LogP contribution in [0.15, 0.2) is 47.5 Å². The van der Waals surface area contributed by atoms with E-state index in [9.17, 15) is 5.11 Å². The van der Waals surface area contributed by atoms with Crippen LogP contribution in [-0.2, 0) is 20.8 Å². The number of benzene rings is 2. The number of aromatic hydroxyl groups is 1. The Balaban J connectivity index is 0.000000817. The Hall–Kier alpha value is -0.827. The summed E-state index contributed by atoms with van der Waals surface area (Å²) in [5.41, 5.74) is 2.45. The summed E-state index contributed by atoms with van der Waals surface area (Å²) in [4.78, 5) is 4.72. The van der Waals surface area contributed by atoms with Crippen LogP contribution in [0.2, 0.25) is 0 Å². The molecule has 0 aliphatic heterocycles. The Bertz CT molecular complexity index is 732. The van der Waals surface area contributed by atoms with E-state index >= 15 is 0 Å². The van der Waals surface area contributed by atoms with Crippen molar-refractivity contribution < 1.29 is 30.7 Å². The molecule has 1 aliphatic carbocycles. The zero-order valence-corrected chi connectivity index (χ0v) is 19.6. The molecule has 1 N–H and O–H groups in total. The summed E-state index contributed by atoms with van der Waals surface area (Å²) in [5, 5.41) is 10.7. The Morgan fingerprint density at radius 3 is 2.33 bits per heavy atom. The normalized spacial score (nSPS) is 19.3. The van der Waals surface area contributed by atoms with Gasteiger partial charge in [-0.2, -0.15) is 0 Å². The molecule has 0 heterocycles. The zero-order valence-electron chi connectivity index (χ0n) is 15.7. The summed E-state index contributed by atoms with van der Waals surface area (Å²) in [7, 11) is 11.5. The van der Waals surface area contributed by atoms with E-state index in [4.69, 9.17) is 26.8 Å². The van der Waals surface area contributed by atoms with Gasteiger partial charge in [0.05, 0.1) is 7.11 Å². The van der Waals surface area contributed by atoms with Crippen LogP contribution >= 0.6 is 17.0 Å². The molecule has 0 bridgehead atoms. The SMILES string of the molecule is COc1cc(C=NC2CCC(C)CC2)c(O)c(-c2ccccc2)c1.[Cl][Zr][Cl]. The van der Waals surface area contributed by atoms with Gasteiger partial charge in [0.2, 0.25) is 0 Å². The predicted molar refractivity (Wildman–Crippen MR) is 111 cm³/mol. The molecular weight excluding hydrogens is 460 g/mol. The van der Waals surface area contributed by atoms with E-state index in [2.05, 4.69) is 6.92 Å². The molecule has 1 saturated carbocycles. The van der Waals surface area contributed by atoms with E-state index in [1.165, 1.54) is 12.8 Å². The van der Waals surface area contributed by atoms with Gasteiger partial charge in [-0.3, -0.25) is 4.99 Å². The number of methoxy groups -OCH3 is 1. The first-order chi connectivity index (χ1) is 13.1. The van der Waals surface area contributed by atoms with Crippen LogP contribution in [0.1, 0.15) is 38.2 Å². The van der Waals surface area contributed by atoms with Gasteiger partial charge in [-0.05, 0) is 49.3 Å². The van der Waals surface area contributed by atoms with Crippen molar-refractivity contribution in [1.29, 1.82) is 0 Å². The second-order valence-electron chi connectivity index (χ2n) is 6.74. The van der Waals surface area contributed by atoms with Crippen LogP contribution in [0.4, 0.5) is 0 Å². The molecule has 144 valence electrons. The Morgan fingerprint density at radius 1 is 1.11 bits per heavy atom. The van der Waals surface area contributed by atoms with Crippen LogP contribution in [-0.4, -0.2) is 24.5 Å². The first-order valence-electron chi connectivity index (χ1n) is 9.04. The zero-order chi connectivity index (χ0) is 19.6. The average Bonchev–Trinajstić information content (AvgIpc) is 2.70. The second-order valence-corrected chi connectivity index (χ2v) is 10.5. The van der Waals surface area contributed by atoms with Gasteiger partial charge in [-0.1, -0.05) is 37.3 Å². The van der Waals surface area contributed by atoms with E-state index in [0.29, 0.717) is 11.6 Å². The van der Waals surface area contributed by atoms with Crippen molar-refractivity contribution in [3.05, 3.63) is 48.0 Å². The summed E-state index contributed by atoms with van der Waals surface area (Å²) < 4.78 is 5.41. The number of halogens is 2. The van der Waals surface area contributed by atoms with Gasteiger partial charge in [0, 0.05) is 23.4 Å². The van der Waals surface area contributed by atoms with E-state index in [1.54, 1.807) is 7.11 Å². The maximum atomic E-state index is 10.7. The van der Waals surface area contributed by atoms with Crippen molar-refractivity contribution >= 4 is 23.2 Å². The molecule has 1 aliphatic rings. The molecule has 0 radical (unpaired) electrons. The fourth-order valence-corrected chi connectivity index (χ4v) is 3.26. The van der Waals surface area contributed by atoms with Crippen molar-refractivity contribution in [2.24, 2.45) is 10.9 Å². The van der Waals surface area contributed by atoms with Crippen molar-refractivity contribution in [3.63, 3.8) is 0 Å². The van der Waals surface area contributed by atoms with Gasteiger partial charge in [0.25, 0.3) is 0 Å². The van der Waals surface area contributed by atoms with E-state index in [1.807, 2.05) is 48.7 Å². The fourth-order valence-electron chi connectivity index (χ4n) is 3.26. The predicted octanol–water partition coefficient (Wildman–Crippen LogP) is 6.44. The number of ether oxygens (including phenoxy) is 1. The summed E-state index contributed by atoms with van der Waals surface area (Å²) in [5.74, 6) is 1.80. The van der Waals surface area contributed by atoms with Gasteiger partial charge in [0.15, 0.2) is 0 Å². The molecule has 6 heteroatoms. The monoisotopic (exact) mass is 483 g/mol. The average molecular weight is 486 g/mol. The van der Waals surface area contributed by atoms with E-state index < -0.39 is 20.8 Å². The fraction of sp³-hybridized carbons (Fsp3) is 0.381. The van der Waals surface area contributed by atoms with Crippen LogP contribution in [0.3, 0.4) is 0 Å². The second kappa shape index (κ2) is 11.9. The molecule has 27 heavy (non-hydrogen) atoms. The molecule has 0 aromatic heterocycles. The Morgan fingerprint density at radius 2 is 1.74 bits per heavy atom. The molecule has 3 nitrogen and oxygen atoms in total. The van der Waals surface area contributed by atoms with Crippen molar-refractivity contribution in [2.45, 2.75) is 38.6 Å². The molecule has 0 spiro atoms. The minimum absolute atomic E-state index is 0.259. The number of rotatable bonds is 4. The summed E-state index contributed by atoms with van der Waals surface area (Å²) >= 11 is -0.826. The van der Waals surface area contributed by atoms with Crippen molar-refractivity contribution in [3.8, 4) is 22.6 Å². The minimum atomic E-state index is -0.826. The van der Waals surface area contributed by atoms with Gasteiger partial charge in [-0.15, -0.1) is 0 Å². The summed E-state index contributed by atoms with van der Waals surface area (Å²) in [6, 6.07) is 13.9. The van der Waals surface area contributed by atoms with E-state index in [0.717, 1.165) is 35.6 Å². The molecule has 0 saturated heterocycles. The number of hydrogen-bond acceptors (Lipinski definition) is 3. The third-order valence-electron chi connectivity index (χ3n) is 4.84. The summed E-state index contributed by atoms with van der Waals surface area (Å²) in [6.45, 7) is 2.31. The molecular formula is C21H25Cl2NO2Zr. The van der Waals surface area contributed by atoms with Gasteiger partial charge < -0.3 is 9.84 Å². The Labute approximate surface area is 180 Å². The van der Waals surface area contributed by atoms with Gasteiger partial charge in [0.1, 0.15) is 11.5 Å². The van der Waals surface area contributed by atoms with Gasteiger partial charge >= 0.3 is 37.9 Å². The molecule has 3 rings (SSSR count).